The molecule has 1 saturated heterocycles. The van der Waals surface area contributed by atoms with Crippen LogP contribution in [0.1, 0.15) is 25.3 Å². The molecule has 0 atom stereocenters. The summed E-state index contributed by atoms with van der Waals surface area (Å²) in [7, 11) is 0. The molecule has 1 heterocycles. The largest absolute Gasteiger partial charge is 0.363 e. The zero-order chi connectivity index (χ0) is 15.1. The molecule has 1 aromatic carbocycles. The zero-order valence-electron chi connectivity index (χ0n) is 12.6. The summed E-state index contributed by atoms with van der Waals surface area (Å²) in [5, 5.41) is 5.11. The van der Waals surface area contributed by atoms with E-state index in [1.165, 1.54) is 18.4 Å². The summed E-state index contributed by atoms with van der Waals surface area (Å²) in [5.74, 6) is 0. The monoisotopic (exact) mass is 325 g/mol. The third-order valence-corrected chi connectivity index (χ3v) is 4.59. The van der Waals surface area contributed by atoms with Gasteiger partial charge < -0.3 is 10.2 Å². The molecule has 116 valence electrons. The second-order valence-electron chi connectivity index (χ2n) is 5.44. The van der Waals surface area contributed by atoms with Crippen LogP contribution in [-0.2, 0) is 6.54 Å². The van der Waals surface area contributed by atoms with Crippen LogP contribution in [0, 0.1) is 0 Å². The van der Waals surface area contributed by atoms with Gasteiger partial charge in [-0.2, -0.15) is 0 Å². The smallest absolute Gasteiger partial charge is 0.169 e. The molecule has 0 aliphatic carbocycles. The first-order chi connectivity index (χ1) is 10.2. The maximum absolute atomic E-state index is 6.23. The quantitative estimate of drug-likeness (QED) is 0.662. The van der Waals surface area contributed by atoms with Crippen molar-refractivity contribution in [1.29, 1.82) is 0 Å². The summed E-state index contributed by atoms with van der Waals surface area (Å²) >= 11 is 11.7. The summed E-state index contributed by atoms with van der Waals surface area (Å²) < 4.78 is 0. The molecular weight excluding hydrogens is 302 g/mol. The Labute approximate surface area is 138 Å². The van der Waals surface area contributed by atoms with Crippen LogP contribution in [0.5, 0.6) is 0 Å². The molecule has 3 nitrogen and oxygen atoms in total. The van der Waals surface area contributed by atoms with Crippen LogP contribution in [0.25, 0.3) is 0 Å². The SMILES string of the molecule is CCCCNC(=S)N1CCN(Cc2ccccc2Cl)CC1. The Balaban J connectivity index is 1.75. The molecule has 1 aromatic rings. The van der Waals surface area contributed by atoms with Gasteiger partial charge in [0.05, 0.1) is 0 Å². The van der Waals surface area contributed by atoms with Crippen LogP contribution in [0.2, 0.25) is 5.02 Å². The molecule has 0 unspecified atom stereocenters. The van der Waals surface area contributed by atoms with Crippen molar-refractivity contribution in [1.82, 2.24) is 15.1 Å². The first-order valence-electron chi connectivity index (χ1n) is 7.69. The highest BCUT2D eigenvalue weighted by atomic mass is 35.5. The lowest BCUT2D eigenvalue weighted by molar-refractivity contribution is 0.174. The van der Waals surface area contributed by atoms with Crippen molar-refractivity contribution >= 4 is 28.9 Å². The second kappa shape index (κ2) is 8.57. The molecule has 0 aromatic heterocycles. The number of thiocarbonyl (C=S) groups is 1. The van der Waals surface area contributed by atoms with Crippen LogP contribution in [0.4, 0.5) is 0 Å². The normalized spacial score (nSPS) is 16.0. The summed E-state index contributed by atoms with van der Waals surface area (Å²) in [5.41, 5.74) is 1.20. The number of halogens is 1. The van der Waals surface area contributed by atoms with Crippen LogP contribution in [-0.4, -0.2) is 47.6 Å². The average molecular weight is 326 g/mol. The Hall–Kier alpha value is -0.840. The highest BCUT2D eigenvalue weighted by Crippen LogP contribution is 2.17. The van der Waals surface area contributed by atoms with Gasteiger partial charge in [0.15, 0.2) is 5.11 Å². The minimum atomic E-state index is 0.858. The second-order valence-corrected chi connectivity index (χ2v) is 6.23. The molecule has 1 aliphatic rings. The Morgan fingerprint density at radius 1 is 1.24 bits per heavy atom. The number of hydrogen-bond donors (Lipinski definition) is 1. The number of piperazine rings is 1. The molecule has 0 saturated carbocycles. The van der Waals surface area contributed by atoms with E-state index in [1.807, 2.05) is 18.2 Å². The van der Waals surface area contributed by atoms with Gasteiger partial charge in [0.25, 0.3) is 0 Å². The number of hydrogen-bond acceptors (Lipinski definition) is 2. The van der Waals surface area contributed by atoms with Gasteiger partial charge >= 0.3 is 0 Å². The van der Waals surface area contributed by atoms with E-state index in [9.17, 15) is 0 Å². The first kappa shape index (κ1) is 16.5. The summed E-state index contributed by atoms with van der Waals surface area (Å²) in [6, 6.07) is 8.08. The maximum atomic E-state index is 6.23. The van der Waals surface area contributed by atoms with Crippen molar-refractivity contribution in [3.8, 4) is 0 Å². The zero-order valence-corrected chi connectivity index (χ0v) is 14.2. The molecule has 0 spiro atoms. The van der Waals surface area contributed by atoms with Gasteiger partial charge in [0.1, 0.15) is 0 Å². The van der Waals surface area contributed by atoms with E-state index in [4.69, 9.17) is 23.8 Å². The van der Waals surface area contributed by atoms with E-state index >= 15 is 0 Å². The molecule has 1 N–H and O–H groups in total. The molecule has 2 rings (SSSR count). The average Bonchev–Trinajstić information content (AvgIpc) is 2.50. The van der Waals surface area contributed by atoms with Crippen molar-refractivity contribution in [3.05, 3.63) is 34.9 Å². The van der Waals surface area contributed by atoms with Gasteiger partial charge in [0.2, 0.25) is 0 Å². The summed E-state index contributed by atoms with van der Waals surface area (Å²) in [4.78, 5) is 4.71. The maximum Gasteiger partial charge on any atom is 0.169 e. The van der Waals surface area contributed by atoms with Crippen molar-refractivity contribution in [3.63, 3.8) is 0 Å². The van der Waals surface area contributed by atoms with Gasteiger partial charge in [0, 0.05) is 44.3 Å². The van der Waals surface area contributed by atoms with Crippen LogP contribution < -0.4 is 5.32 Å². The first-order valence-corrected chi connectivity index (χ1v) is 8.48. The summed E-state index contributed by atoms with van der Waals surface area (Å²) in [6.45, 7) is 8.13. The third kappa shape index (κ3) is 5.13. The predicted octanol–water partition coefficient (Wildman–Crippen LogP) is 3.13. The predicted molar refractivity (Wildman–Crippen MR) is 93.8 cm³/mol. The number of rotatable bonds is 5. The molecule has 1 aliphatic heterocycles. The molecule has 0 bridgehead atoms. The fraction of sp³-hybridized carbons (Fsp3) is 0.562. The Morgan fingerprint density at radius 3 is 2.62 bits per heavy atom. The lowest BCUT2D eigenvalue weighted by atomic mass is 10.2. The van der Waals surface area contributed by atoms with Gasteiger partial charge in [-0.15, -0.1) is 0 Å². The van der Waals surface area contributed by atoms with E-state index in [-0.39, 0.29) is 0 Å². The van der Waals surface area contributed by atoms with Crippen molar-refractivity contribution < 1.29 is 0 Å². The number of nitrogens with one attached hydrogen (secondary N) is 1. The van der Waals surface area contributed by atoms with Gasteiger partial charge in [-0.25, -0.2) is 0 Å². The summed E-state index contributed by atoms with van der Waals surface area (Å²) in [6.07, 6.45) is 2.37. The number of unbranched alkanes of at least 4 members (excludes halogenated alkanes) is 1. The van der Waals surface area contributed by atoms with E-state index in [1.54, 1.807) is 0 Å². The fourth-order valence-corrected chi connectivity index (χ4v) is 2.94. The van der Waals surface area contributed by atoms with Crippen LogP contribution in [0.3, 0.4) is 0 Å². The molecular formula is C16H24ClN3S. The molecule has 1 fully saturated rings. The van der Waals surface area contributed by atoms with Gasteiger partial charge in [-0.3, -0.25) is 4.90 Å². The van der Waals surface area contributed by atoms with Crippen molar-refractivity contribution in [2.45, 2.75) is 26.3 Å². The van der Waals surface area contributed by atoms with E-state index in [0.717, 1.165) is 49.4 Å². The fourth-order valence-electron chi connectivity index (χ4n) is 2.46. The van der Waals surface area contributed by atoms with Gasteiger partial charge in [-0.1, -0.05) is 43.1 Å². The third-order valence-electron chi connectivity index (χ3n) is 3.82. The van der Waals surface area contributed by atoms with E-state index < -0.39 is 0 Å². The Kier molecular flexibility index (Phi) is 6.74. The number of benzene rings is 1. The number of nitrogens with zero attached hydrogens (tertiary/aromatic N) is 2. The minimum absolute atomic E-state index is 0.858. The molecule has 21 heavy (non-hydrogen) atoms. The minimum Gasteiger partial charge on any atom is -0.363 e. The molecule has 0 amide bonds. The lowest BCUT2D eigenvalue weighted by Gasteiger charge is -2.36. The molecule has 0 radical (unpaired) electrons. The topological polar surface area (TPSA) is 18.5 Å². The standard InChI is InChI=1S/C16H24ClN3S/c1-2-3-8-18-16(21)20-11-9-19(10-12-20)13-14-6-4-5-7-15(14)17/h4-7H,2-3,8-13H2,1H3,(H,18,21). The van der Waals surface area contributed by atoms with Crippen LogP contribution in [0.15, 0.2) is 24.3 Å². The Bertz CT molecular complexity index is 459. The Morgan fingerprint density at radius 2 is 1.95 bits per heavy atom. The highest BCUT2D eigenvalue weighted by Gasteiger charge is 2.19. The molecule has 5 heteroatoms. The van der Waals surface area contributed by atoms with Crippen molar-refractivity contribution in [2.24, 2.45) is 0 Å². The lowest BCUT2D eigenvalue weighted by Crippen LogP contribution is -2.51. The van der Waals surface area contributed by atoms with Crippen LogP contribution >= 0.6 is 23.8 Å². The van der Waals surface area contributed by atoms with Gasteiger partial charge in [-0.05, 0) is 30.3 Å². The van der Waals surface area contributed by atoms with Crippen molar-refractivity contribution in [2.75, 3.05) is 32.7 Å². The van der Waals surface area contributed by atoms with E-state index in [0.29, 0.717) is 0 Å². The highest BCUT2D eigenvalue weighted by molar-refractivity contribution is 7.80. The van der Waals surface area contributed by atoms with E-state index in [2.05, 4.69) is 28.1 Å².